The van der Waals surface area contributed by atoms with Crippen LogP contribution in [0.5, 0.6) is 0 Å². The van der Waals surface area contributed by atoms with Crippen LogP contribution >= 0.6 is 0 Å². The van der Waals surface area contributed by atoms with E-state index in [-0.39, 0.29) is 12.5 Å². The van der Waals surface area contributed by atoms with E-state index in [0.29, 0.717) is 0 Å². The molecule has 1 amide bonds. The van der Waals surface area contributed by atoms with Crippen molar-refractivity contribution in [3.63, 3.8) is 0 Å². The van der Waals surface area contributed by atoms with Crippen LogP contribution in [0, 0.1) is 0 Å². The standard InChI is InChI=1S/C6H13N3O3/c1-4(10)9(2)8-3-5(7)6(11)12/h5,8H,3,7H2,1-2H3,(H,11,12)/t5-/m0/s1. The molecule has 6 nitrogen and oxygen atoms in total. The minimum absolute atomic E-state index is 0.0331. The molecule has 0 saturated carbocycles. The van der Waals surface area contributed by atoms with Crippen molar-refractivity contribution in [2.24, 2.45) is 5.73 Å². The van der Waals surface area contributed by atoms with Crippen LogP contribution in [0.15, 0.2) is 0 Å². The molecule has 70 valence electrons. The first kappa shape index (κ1) is 10.9. The van der Waals surface area contributed by atoms with Crippen LogP contribution in [0.4, 0.5) is 0 Å². The number of nitrogens with two attached hydrogens (primary N) is 1. The number of carboxylic acids is 1. The summed E-state index contributed by atoms with van der Waals surface area (Å²) >= 11 is 0. The molecule has 1 atom stereocenters. The average molecular weight is 175 g/mol. The van der Waals surface area contributed by atoms with Gasteiger partial charge in [-0.05, 0) is 0 Å². The molecule has 0 aromatic heterocycles. The Morgan fingerprint density at radius 3 is 2.50 bits per heavy atom. The number of nitrogens with zero attached hydrogens (tertiary/aromatic N) is 1. The average Bonchev–Trinajstić information content (AvgIpc) is 1.98. The second-order valence-electron chi connectivity index (χ2n) is 2.39. The first-order valence-electron chi connectivity index (χ1n) is 3.41. The topological polar surface area (TPSA) is 95.7 Å². The SMILES string of the molecule is CC(=O)N(C)NC[C@H](N)C(=O)O. The van der Waals surface area contributed by atoms with Gasteiger partial charge in [-0.2, -0.15) is 0 Å². The summed E-state index contributed by atoms with van der Waals surface area (Å²) in [6.07, 6.45) is 0. The van der Waals surface area contributed by atoms with Gasteiger partial charge in [0.1, 0.15) is 6.04 Å². The highest BCUT2D eigenvalue weighted by Crippen LogP contribution is 1.79. The second-order valence-corrected chi connectivity index (χ2v) is 2.39. The van der Waals surface area contributed by atoms with Crippen molar-refractivity contribution in [3.05, 3.63) is 0 Å². The van der Waals surface area contributed by atoms with Gasteiger partial charge in [-0.3, -0.25) is 14.6 Å². The Balaban J connectivity index is 3.68. The Morgan fingerprint density at radius 1 is 1.67 bits per heavy atom. The molecule has 0 heterocycles. The van der Waals surface area contributed by atoms with Gasteiger partial charge in [0.25, 0.3) is 0 Å². The molecule has 0 aliphatic rings. The summed E-state index contributed by atoms with van der Waals surface area (Å²) in [5, 5.41) is 9.55. The van der Waals surface area contributed by atoms with Gasteiger partial charge in [0.2, 0.25) is 5.91 Å². The molecular formula is C6H13N3O3. The minimum Gasteiger partial charge on any atom is -0.480 e. The number of nitrogens with one attached hydrogen (secondary N) is 1. The predicted octanol–water partition coefficient (Wildman–Crippen LogP) is -1.62. The molecule has 0 bridgehead atoms. The number of hydrogen-bond donors (Lipinski definition) is 3. The molecule has 6 heteroatoms. The van der Waals surface area contributed by atoms with E-state index in [0.717, 1.165) is 0 Å². The van der Waals surface area contributed by atoms with Gasteiger partial charge in [0.15, 0.2) is 0 Å². The molecule has 0 aliphatic heterocycles. The van der Waals surface area contributed by atoms with Gasteiger partial charge < -0.3 is 10.8 Å². The highest BCUT2D eigenvalue weighted by atomic mass is 16.4. The van der Waals surface area contributed by atoms with Crippen molar-refractivity contribution >= 4 is 11.9 Å². The van der Waals surface area contributed by atoms with Crippen LogP contribution in [0.2, 0.25) is 0 Å². The number of carbonyl (C=O) groups excluding carboxylic acids is 1. The summed E-state index contributed by atoms with van der Waals surface area (Å²) in [6.45, 7) is 1.39. The third-order valence-corrected chi connectivity index (χ3v) is 1.34. The summed E-state index contributed by atoms with van der Waals surface area (Å²) in [4.78, 5) is 20.8. The molecule has 0 radical (unpaired) electrons. The lowest BCUT2D eigenvalue weighted by Gasteiger charge is -2.17. The summed E-state index contributed by atoms with van der Waals surface area (Å²) < 4.78 is 0. The molecule has 0 saturated heterocycles. The maximum absolute atomic E-state index is 10.6. The molecule has 0 aromatic carbocycles. The van der Waals surface area contributed by atoms with Gasteiger partial charge in [-0.15, -0.1) is 0 Å². The molecule has 0 aliphatic carbocycles. The first-order valence-corrected chi connectivity index (χ1v) is 3.41. The van der Waals surface area contributed by atoms with Gasteiger partial charge in [0, 0.05) is 20.5 Å². The summed E-state index contributed by atoms with van der Waals surface area (Å²) in [5.74, 6) is -1.30. The van der Waals surface area contributed by atoms with Crippen molar-refractivity contribution in [1.29, 1.82) is 0 Å². The summed E-state index contributed by atoms with van der Waals surface area (Å²) in [6, 6.07) is -0.994. The van der Waals surface area contributed by atoms with Gasteiger partial charge in [-0.25, -0.2) is 5.43 Å². The van der Waals surface area contributed by atoms with E-state index in [1.165, 1.54) is 19.0 Å². The second kappa shape index (κ2) is 4.68. The number of carbonyl (C=O) groups is 2. The van der Waals surface area contributed by atoms with Crippen LogP contribution < -0.4 is 11.2 Å². The zero-order valence-electron chi connectivity index (χ0n) is 7.07. The summed E-state index contributed by atoms with van der Waals surface area (Å²) in [7, 11) is 1.50. The smallest absolute Gasteiger partial charge is 0.321 e. The fourth-order valence-electron chi connectivity index (χ4n) is 0.434. The summed E-state index contributed by atoms with van der Waals surface area (Å²) in [5.41, 5.74) is 7.71. The molecule has 0 spiro atoms. The predicted molar refractivity (Wildman–Crippen MR) is 42.1 cm³/mol. The van der Waals surface area contributed by atoms with Crippen molar-refractivity contribution in [2.75, 3.05) is 13.6 Å². The van der Waals surface area contributed by atoms with E-state index in [1.54, 1.807) is 0 Å². The Labute approximate surface area is 70.3 Å². The normalized spacial score (nSPS) is 12.2. The number of amides is 1. The molecule has 4 N–H and O–H groups in total. The number of hydrazine groups is 1. The number of carboxylic acid groups (broad SMARTS) is 1. The Hall–Kier alpha value is -1.14. The van der Waals surface area contributed by atoms with Crippen LogP contribution in [0.1, 0.15) is 6.92 Å². The third kappa shape index (κ3) is 3.89. The quantitative estimate of drug-likeness (QED) is 0.446. The highest BCUT2D eigenvalue weighted by molar-refractivity contribution is 5.74. The lowest BCUT2D eigenvalue weighted by Crippen LogP contribution is -2.47. The lowest BCUT2D eigenvalue weighted by atomic mass is 10.3. The van der Waals surface area contributed by atoms with Crippen molar-refractivity contribution in [2.45, 2.75) is 13.0 Å². The highest BCUT2D eigenvalue weighted by Gasteiger charge is 2.11. The largest absolute Gasteiger partial charge is 0.480 e. The minimum atomic E-state index is -1.10. The Bertz CT molecular complexity index is 163. The fourth-order valence-corrected chi connectivity index (χ4v) is 0.434. The van der Waals surface area contributed by atoms with Crippen LogP contribution in [-0.4, -0.2) is 41.6 Å². The third-order valence-electron chi connectivity index (χ3n) is 1.34. The number of hydrogen-bond acceptors (Lipinski definition) is 4. The van der Waals surface area contributed by atoms with E-state index in [1.807, 2.05) is 0 Å². The van der Waals surface area contributed by atoms with E-state index in [2.05, 4.69) is 5.43 Å². The Morgan fingerprint density at radius 2 is 2.17 bits per heavy atom. The van der Waals surface area contributed by atoms with Crippen molar-refractivity contribution in [3.8, 4) is 0 Å². The zero-order valence-corrected chi connectivity index (χ0v) is 7.07. The van der Waals surface area contributed by atoms with Crippen LogP contribution in [0.3, 0.4) is 0 Å². The first-order chi connectivity index (χ1) is 5.45. The Kier molecular flexibility index (Phi) is 4.24. The lowest BCUT2D eigenvalue weighted by molar-refractivity contribution is -0.139. The molecular weight excluding hydrogens is 162 g/mol. The van der Waals surface area contributed by atoms with Gasteiger partial charge in [0.05, 0.1) is 0 Å². The maximum Gasteiger partial charge on any atom is 0.321 e. The van der Waals surface area contributed by atoms with E-state index < -0.39 is 12.0 Å². The van der Waals surface area contributed by atoms with E-state index in [9.17, 15) is 9.59 Å². The molecule has 0 aromatic rings. The molecule has 0 fully saturated rings. The van der Waals surface area contributed by atoms with E-state index in [4.69, 9.17) is 10.8 Å². The fraction of sp³-hybridized carbons (Fsp3) is 0.667. The molecule has 12 heavy (non-hydrogen) atoms. The molecule has 0 unspecified atom stereocenters. The maximum atomic E-state index is 10.6. The van der Waals surface area contributed by atoms with Gasteiger partial charge in [-0.1, -0.05) is 0 Å². The van der Waals surface area contributed by atoms with E-state index >= 15 is 0 Å². The number of aliphatic carboxylic acids is 1. The zero-order chi connectivity index (χ0) is 9.72. The monoisotopic (exact) mass is 175 g/mol. The van der Waals surface area contributed by atoms with Crippen molar-refractivity contribution in [1.82, 2.24) is 10.4 Å². The van der Waals surface area contributed by atoms with Crippen molar-refractivity contribution < 1.29 is 14.7 Å². The number of rotatable bonds is 4. The van der Waals surface area contributed by atoms with Crippen LogP contribution in [-0.2, 0) is 9.59 Å². The van der Waals surface area contributed by atoms with Gasteiger partial charge >= 0.3 is 5.97 Å². The molecule has 0 rings (SSSR count). The van der Waals surface area contributed by atoms with Crippen LogP contribution in [0.25, 0.3) is 0 Å².